The van der Waals surface area contributed by atoms with Gasteiger partial charge in [-0.2, -0.15) is 5.10 Å². The minimum Gasteiger partial charge on any atom is -0.344 e. The molecular weight excluding hydrogens is 314 g/mol. The van der Waals surface area contributed by atoms with Crippen molar-refractivity contribution >= 4 is 5.91 Å². The number of hydrogen-bond donors (Lipinski definition) is 1. The molecule has 3 heterocycles. The largest absolute Gasteiger partial charge is 0.344 e. The highest BCUT2D eigenvalue weighted by atomic mass is 16.2. The van der Waals surface area contributed by atoms with Crippen molar-refractivity contribution in [3.05, 3.63) is 18.0 Å². The number of carbonyl (C=O) groups is 1. The fourth-order valence-electron chi connectivity index (χ4n) is 4.44. The second kappa shape index (κ2) is 7.87. The van der Waals surface area contributed by atoms with E-state index in [0.29, 0.717) is 11.3 Å². The summed E-state index contributed by atoms with van der Waals surface area (Å²) in [5.74, 6) is 0.299. The number of likely N-dealkylation sites (N-methyl/N-ethyl adjacent to an activating group) is 1. The smallest absolute Gasteiger partial charge is 0.239 e. The van der Waals surface area contributed by atoms with Crippen LogP contribution in [0.1, 0.15) is 38.2 Å². The predicted molar refractivity (Wildman–Crippen MR) is 99.4 cm³/mol. The Morgan fingerprint density at radius 2 is 2.20 bits per heavy atom. The second-order valence-electron chi connectivity index (χ2n) is 8.11. The first-order valence-corrected chi connectivity index (χ1v) is 9.68. The minimum absolute atomic E-state index is 0.0673. The van der Waals surface area contributed by atoms with Gasteiger partial charge in [-0.05, 0) is 69.8 Å². The molecule has 0 aliphatic carbocycles. The summed E-state index contributed by atoms with van der Waals surface area (Å²) >= 11 is 0. The van der Waals surface area contributed by atoms with Crippen molar-refractivity contribution in [3.63, 3.8) is 0 Å². The molecule has 1 aromatic heterocycles. The van der Waals surface area contributed by atoms with Crippen LogP contribution in [0, 0.1) is 5.41 Å². The summed E-state index contributed by atoms with van der Waals surface area (Å²) in [7, 11) is 4.16. The van der Waals surface area contributed by atoms with Crippen molar-refractivity contribution in [2.24, 2.45) is 5.41 Å². The normalized spacial score (nSPS) is 24.0. The van der Waals surface area contributed by atoms with Crippen LogP contribution >= 0.6 is 0 Å². The maximum atomic E-state index is 13.1. The molecule has 1 spiro atoms. The van der Waals surface area contributed by atoms with E-state index in [9.17, 15) is 4.79 Å². The van der Waals surface area contributed by atoms with Crippen molar-refractivity contribution in [1.29, 1.82) is 0 Å². The van der Waals surface area contributed by atoms with Crippen molar-refractivity contribution in [1.82, 2.24) is 24.9 Å². The summed E-state index contributed by atoms with van der Waals surface area (Å²) in [6, 6.07) is 0.0673. The molecule has 0 radical (unpaired) electrons. The first-order valence-electron chi connectivity index (χ1n) is 9.68. The van der Waals surface area contributed by atoms with Gasteiger partial charge < -0.3 is 9.80 Å². The van der Waals surface area contributed by atoms with Crippen LogP contribution in [0.15, 0.2) is 12.4 Å². The highest BCUT2D eigenvalue weighted by molar-refractivity contribution is 5.82. The van der Waals surface area contributed by atoms with Gasteiger partial charge in [0, 0.05) is 26.3 Å². The van der Waals surface area contributed by atoms with E-state index in [1.807, 2.05) is 24.3 Å². The standard InChI is InChI=1S/C19H33N5O/c1-4-8-24-15-19(6-10-22(2)11-7-19)12-17(24)18(25)23(3)9-5-16-13-20-21-14-16/h13-14,17H,4-12,15H2,1-3H3,(H,20,21)/t17-/m0/s1. The number of amides is 1. The monoisotopic (exact) mass is 347 g/mol. The molecule has 6 nitrogen and oxygen atoms in total. The Morgan fingerprint density at radius 1 is 1.44 bits per heavy atom. The maximum Gasteiger partial charge on any atom is 0.239 e. The zero-order valence-electron chi connectivity index (χ0n) is 16.0. The summed E-state index contributed by atoms with van der Waals surface area (Å²) < 4.78 is 0. The van der Waals surface area contributed by atoms with E-state index in [0.717, 1.165) is 57.5 Å². The molecule has 6 heteroatoms. The van der Waals surface area contributed by atoms with Crippen LogP contribution in [0.5, 0.6) is 0 Å². The molecule has 2 aliphatic heterocycles. The molecule has 3 rings (SSSR count). The Hall–Kier alpha value is -1.40. The quantitative estimate of drug-likeness (QED) is 0.849. The van der Waals surface area contributed by atoms with Crippen LogP contribution < -0.4 is 0 Å². The molecule has 2 saturated heterocycles. The lowest BCUT2D eigenvalue weighted by molar-refractivity contribution is -0.134. The van der Waals surface area contributed by atoms with Crippen molar-refractivity contribution in [2.75, 3.05) is 46.8 Å². The molecule has 0 saturated carbocycles. The number of rotatable bonds is 6. The van der Waals surface area contributed by atoms with Crippen molar-refractivity contribution in [3.8, 4) is 0 Å². The van der Waals surface area contributed by atoms with Gasteiger partial charge in [-0.25, -0.2) is 0 Å². The third-order valence-corrected chi connectivity index (χ3v) is 6.12. The molecule has 25 heavy (non-hydrogen) atoms. The predicted octanol–water partition coefficient (Wildman–Crippen LogP) is 1.61. The van der Waals surface area contributed by atoms with E-state index < -0.39 is 0 Å². The number of likely N-dealkylation sites (tertiary alicyclic amines) is 2. The molecule has 1 amide bonds. The SMILES string of the molecule is CCCN1CC2(CCN(C)CC2)C[C@H]1C(=O)N(C)CCc1cn[nH]c1. The van der Waals surface area contributed by atoms with E-state index in [-0.39, 0.29) is 6.04 Å². The number of piperidine rings is 1. The van der Waals surface area contributed by atoms with Crippen molar-refractivity contribution in [2.45, 2.75) is 45.1 Å². The maximum absolute atomic E-state index is 13.1. The summed E-state index contributed by atoms with van der Waals surface area (Å²) in [5, 5.41) is 6.82. The van der Waals surface area contributed by atoms with E-state index >= 15 is 0 Å². The van der Waals surface area contributed by atoms with Gasteiger partial charge in [0.2, 0.25) is 5.91 Å². The number of aromatic nitrogens is 2. The van der Waals surface area contributed by atoms with Crippen LogP contribution in [0.4, 0.5) is 0 Å². The average Bonchev–Trinajstić information content (AvgIpc) is 3.24. The number of carbonyl (C=O) groups excluding carboxylic acids is 1. The van der Waals surface area contributed by atoms with Gasteiger partial charge in [0.15, 0.2) is 0 Å². The van der Waals surface area contributed by atoms with E-state index in [2.05, 4.69) is 34.0 Å². The molecule has 140 valence electrons. The number of nitrogens with zero attached hydrogens (tertiary/aromatic N) is 4. The van der Waals surface area contributed by atoms with Crippen LogP contribution in [-0.4, -0.2) is 83.7 Å². The van der Waals surface area contributed by atoms with Crippen LogP contribution in [-0.2, 0) is 11.2 Å². The first-order chi connectivity index (χ1) is 12.0. The van der Waals surface area contributed by atoms with Gasteiger partial charge >= 0.3 is 0 Å². The molecule has 0 aromatic carbocycles. The van der Waals surface area contributed by atoms with Crippen LogP contribution in [0.3, 0.4) is 0 Å². The summed E-state index contributed by atoms with van der Waals surface area (Å²) in [4.78, 5) is 19.9. The molecule has 0 unspecified atom stereocenters. The van der Waals surface area contributed by atoms with Gasteiger partial charge in [-0.15, -0.1) is 0 Å². The van der Waals surface area contributed by atoms with Gasteiger partial charge in [-0.3, -0.25) is 14.8 Å². The molecule has 1 aromatic rings. The highest BCUT2D eigenvalue weighted by Gasteiger charge is 2.47. The van der Waals surface area contributed by atoms with Gasteiger partial charge in [0.05, 0.1) is 12.2 Å². The van der Waals surface area contributed by atoms with Gasteiger partial charge in [-0.1, -0.05) is 6.92 Å². The number of aromatic amines is 1. The average molecular weight is 348 g/mol. The number of nitrogens with one attached hydrogen (secondary N) is 1. The van der Waals surface area contributed by atoms with E-state index in [1.165, 1.54) is 12.8 Å². The fraction of sp³-hybridized carbons (Fsp3) is 0.789. The highest BCUT2D eigenvalue weighted by Crippen LogP contribution is 2.43. The topological polar surface area (TPSA) is 55.5 Å². The Balaban J connectivity index is 1.62. The number of H-pyrrole nitrogens is 1. The Labute approximate surface area is 151 Å². The summed E-state index contributed by atoms with van der Waals surface area (Å²) in [6.45, 7) is 7.42. The fourth-order valence-corrected chi connectivity index (χ4v) is 4.44. The van der Waals surface area contributed by atoms with Crippen LogP contribution in [0.25, 0.3) is 0 Å². The molecule has 2 aliphatic rings. The zero-order chi connectivity index (χ0) is 17.9. The summed E-state index contributed by atoms with van der Waals surface area (Å²) in [6.07, 6.45) is 9.21. The Kier molecular flexibility index (Phi) is 5.79. The minimum atomic E-state index is 0.0673. The molecule has 0 bridgehead atoms. The molecule has 2 fully saturated rings. The van der Waals surface area contributed by atoms with Crippen molar-refractivity contribution < 1.29 is 4.79 Å². The van der Waals surface area contributed by atoms with E-state index in [1.54, 1.807) is 0 Å². The second-order valence-corrected chi connectivity index (χ2v) is 8.11. The molecule has 1 atom stereocenters. The Bertz CT molecular complexity index is 550. The van der Waals surface area contributed by atoms with Gasteiger partial charge in [0.25, 0.3) is 0 Å². The first kappa shape index (κ1) is 18.4. The van der Waals surface area contributed by atoms with Gasteiger partial charge in [0.1, 0.15) is 0 Å². The van der Waals surface area contributed by atoms with E-state index in [4.69, 9.17) is 0 Å². The lowest BCUT2D eigenvalue weighted by Gasteiger charge is -2.37. The molecular formula is C19H33N5O. The Morgan fingerprint density at radius 3 is 2.84 bits per heavy atom. The summed E-state index contributed by atoms with van der Waals surface area (Å²) in [5.41, 5.74) is 1.51. The third kappa shape index (κ3) is 4.23. The van der Waals surface area contributed by atoms with Crippen LogP contribution in [0.2, 0.25) is 0 Å². The molecule has 1 N–H and O–H groups in total. The number of hydrogen-bond acceptors (Lipinski definition) is 4. The lowest BCUT2D eigenvalue weighted by atomic mass is 9.76. The third-order valence-electron chi connectivity index (χ3n) is 6.12. The zero-order valence-corrected chi connectivity index (χ0v) is 16.0. The lowest BCUT2D eigenvalue weighted by Crippen LogP contribution is -2.44.